The molecule has 20 heavy (non-hydrogen) atoms. The van der Waals surface area contributed by atoms with Gasteiger partial charge in [0.25, 0.3) is 0 Å². The summed E-state index contributed by atoms with van der Waals surface area (Å²) in [5, 5.41) is 22.2. The molecular weight excluding hydrogens is 256 g/mol. The van der Waals surface area contributed by atoms with Gasteiger partial charge in [-0.3, -0.25) is 4.79 Å². The molecule has 0 radical (unpaired) electrons. The summed E-state index contributed by atoms with van der Waals surface area (Å²) in [4.78, 5) is 11.7. The van der Waals surface area contributed by atoms with E-state index in [-0.39, 0.29) is 5.91 Å². The van der Waals surface area contributed by atoms with Crippen molar-refractivity contribution in [3.05, 3.63) is 29.3 Å². The molecule has 1 aromatic carbocycles. The molecule has 1 aliphatic heterocycles. The van der Waals surface area contributed by atoms with E-state index in [2.05, 4.69) is 11.4 Å². The van der Waals surface area contributed by atoms with Gasteiger partial charge in [-0.25, -0.2) is 0 Å². The van der Waals surface area contributed by atoms with Crippen LogP contribution in [0.1, 0.15) is 44.4 Å². The fourth-order valence-corrected chi connectivity index (χ4v) is 2.30. The van der Waals surface area contributed by atoms with Crippen LogP contribution in [0.15, 0.2) is 18.2 Å². The van der Waals surface area contributed by atoms with Crippen molar-refractivity contribution in [2.45, 2.75) is 44.9 Å². The van der Waals surface area contributed by atoms with E-state index in [9.17, 15) is 9.90 Å². The number of carbonyl (C=O) groups excluding carboxylic acids is 1. The van der Waals surface area contributed by atoms with Crippen LogP contribution in [0.4, 0.5) is 0 Å². The Bertz CT molecular complexity index is 575. The van der Waals surface area contributed by atoms with E-state index in [0.717, 1.165) is 0 Å². The number of nitriles is 1. The first-order valence-electron chi connectivity index (χ1n) is 6.59. The molecule has 0 aliphatic carbocycles. The largest absolute Gasteiger partial charge is 0.485 e. The summed E-state index contributed by atoms with van der Waals surface area (Å²) in [7, 11) is 0. The average molecular weight is 274 g/mol. The highest BCUT2D eigenvalue weighted by molar-refractivity contribution is 5.76. The highest BCUT2D eigenvalue weighted by Crippen LogP contribution is 2.40. The van der Waals surface area contributed by atoms with Gasteiger partial charge in [0.05, 0.1) is 17.7 Å². The third-order valence-corrected chi connectivity index (χ3v) is 3.51. The molecule has 2 atom stereocenters. The SMILES string of the molecule is CCC(=O)N[C@H]1c2cc(C#N)ccc2OC(C)(C)[C@@H]1O. The second kappa shape index (κ2) is 5.14. The van der Waals surface area contributed by atoms with Crippen LogP contribution in [0.2, 0.25) is 0 Å². The second-order valence-electron chi connectivity index (χ2n) is 5.41. The number of hydrogen-bond donors (Lipinski definition) is 2. The van der Waals surface area contributed by atoms with Crippen molar-refractivity contribution >= 4 is 5.91 Å². The number of hydrogen-bond acceptors (Lipinski definition) is 4. The predicted octanol–water partition coefficient (Wildman–Crippen LogP) is 1.66. The van der Waals surface area contributed by atoms with Crippen LogP contribution in [0, 0.1) is 11.3 Å². The lowest BCUT2D eigenvalue weighted by Gasteiger charge is -2.42. The number of aliphatic hydroxyl groups is 1. The summed E-state index contributed by atoms with van der Waals surface area (Å²) in [6.45, 7) is 5.28. The Kier molecular flexibility index (Phi) is 3.69. The molecule has 2 rings (SSSR count). The Hall–Kier alpha value is -2.06. The lowest BCUT2D eigenvalue weighted by atomic mass is 9.86. The van der Waals surface area contributed by atoms with E-state index >= 15 is 0 Å². The van der Waals surface area contributed by atoms with Gasteiger partial charge in [0.2, 0.25) is 5.91 Å². The summed E-state index contributed by atoms with van der Waals surface area (Å²) < 4.78 is 5.77. The maximum absolute atomic E-state index is 11.7. The predicted molar refractivity (Wildman–Crippen MR) is 73.0 cm³/mol. The molecular formula is C15H18N2O3. The maximum Gasteiger partial charge on any atom is 0.220 e. The number of amides is 1. The third kappa shape index (κ3) is 2.47. The van der Waals surface area contributed by atoms with Crippen molar-refractivity contribution in [1.29, 1.82) is 5.26 Å². The normalized spacial score (nSPS) is 23.1. The molecule has 1 aliphatic rings. The molecule has 1 amide bonds. The molecule has 0 unspecified atom stereocenters. The summed E-state index contributed by atoms with van der Waals surface area (Å²) in [5.74, 6) is 0.431. The third-order valence-electron chi connectivity index (χ3n) is 3.51. The minimum Gasteiger partial charge on any atom is -0.485 e. The number of nitrogens with zero attached hydrogens (tertiary/aromatic N) is 1. The van der Waals surface area contributed by atoms with Crippen LogP contribution in [-0.2, 0) is 4.79 Å². The van der Waals surface area contributed by atoms with Gasteiger partial charge in [-0.05, 0) is 32.0 Å². The molecule has 5 heteroatoms. The Balaban J connectivity index is 2.48. The zero-order valence-electron chi connectivity index (χ0n) is 11.8. The van der Waals surface area contributed by atoms with Crippen molar-refractivity contribution in [3.8, 4) is 11.8 Å². The number of fused-ring (bicyclic) bond motifs is 1. The number of nitrogens with one attached hydrogen (secondary N) is 1. The van der Waals surface area contributed by atoms with Crippen LogP contribution >= 0.6 is 0 Å². The summed E-state index contributed by atoms with van der Waals surface area (Å²) >= 11 is 0. The lowest BCUT2D eigenvalue weighted by molar-refractivity contribution is -0.125. The monoisotopic (exact) mass is 274 g/mol. The van der Waals surface area contributed by atoms with Crippen LogP contribution < -0.4 is 10.1 Å². The van der Waals surface area contributed by atoms with Crippen LogP contribution in [0.3, 0.4) is 0 Å². The first-order chi connectivity index (χ1) is 9.39. The maximum atomic E-state index is 11.7. The number of rotatable bonds is 2. The average Bonchev–Trinajstić information content (AvgIpc) is 2.43. The van der Waals surface area contributed by atoms with E-state index in [1.807, 2.05) is 0 Å². The Morgan fingerprint density at radius 3 is 2.85 bits per heavy atom. The van der Waals surface area contributed by atoms with Gasteiger partial charge in [-0.2, -0.15) is 5.26 Å². The first-order valence-corrected chi connectivity index (χ1v) is 6.59. The molecule has 0 saturated heterocycles. The van der Waals surface area contributed by atoms with Crippen LogP contribution in [0.25, 0.3) is 0 Å². The molecule has 5 nitrogen and oxygen atoms in total. The Labute approximate surface area is 118 Å². The fraction of sp³-hybridized carbons (Fsp3) is 0.467. The van der Waals surface area contributed by atoms with Crippen molar-refractivity contribution in [2.75, 3.05) is 0 Å². The fourth-order valence-electron chi connectivity index (χ4n) is 2.30. The minimum absolute atomic E-state index is 0.153. The van der Waals surface area contributed by atoms with Gasteiger partial charge < -0.3 is 15.2 Å². The van der Waals surface area contributed by atoms with Gasteiger partial charge >= 0.3 is 0 Å². The van der Waals surface area contributed by atoms with Gasteiger partial charge in [0.15, 0.2) is 0 Å². The van der Waals surface area contributed by atoms with Gasteiger partial charge in [-0.1, -0.05) is 6.92 Å². The van der Waals surface area contributed by atoms with Gasteiger partial charge in [0.1, 0.15) is 17.5 Å². The van der Waals surface area contributed by atoms with E-state index in [1.165, 1.54) is 0 Å². The molecule has 0 fully saturated rings. The topological polar surface area (TPSA) is 82.4 Å². The molecule has 1 aromatic rings. The standard InChI is InChI=1S/C15H18N2O3/c1-4-12(18)17-13-10-7-9(8-16)5-6-11(10)20-15(2,3)14(13)19/h5-7,13-14,19H,4H2,1-3H3,(H,17,18)/t13-,14+/m0/s1. The highest BCUT2D eigenvalue weighted by Gasteiger charge is 2.43. The van der Waals surface area contributed by atoms with Crippen molar-refractivity contribution in [3.63, 3.8) is 0 Å². The summed E-state index contributed by atoms with van der Waals surface area (Å²) in [6.07, 6.45) is -0.558. The molecule has 0 saturated carbocycles. The highest BCUT2D eigenvalue weighted by atomic mass is 16.5. The van der Waals surface area contributed by atoms with E-state index in [1.54, 1.807) is 39.0 Å². The van der Waals surface area contributed by atoms with Crippen molar-refractivity contribution in [1.82, 2.24) is 5.32 Å². The molecule has 2 N–H and O–H groups in total. The minimum atomic E-state index is -0.889. The van der Waals surface area contributed by atoms with Crippen LogP contribution in [0.5, 0.6) is 5.75 Å². The number of aliphatic hydroxyl groups excluding tert-OH is 1. The van der Waals surface area contributed by atoms with Crippen molar-refractivity contribution in [2.24, 2.45) is 0 Å². The lowest BCUT2D eigenvalue weighted by Crippen LogP contribution is -2.53. The number of ether oxygens (including phenoxy) is 1. The molecule has 106 valence electrons. The van der Waals surface area contributed by atoms with Crippen molar-refractivity contribution < 1.29 is 14.6 Å². The van der Waals surface area contributed by atoms with Gasteiger partial charge in [-0.15, -0.1) is 0 Å². The number of carbonyl (C=O) groups is 1. The second-order valence-corrected chi connectivity index (χ2v) is 5.41. The molecule has 0 bridgehead atoms. The van der Waals surface area contributed by atoms with E-state index in [4.69, 9.17) is 10.00 Å². The number of benzene rings is 1. The zero-order chi connectivity index (χ0) is 14.9. The first kappa shape index (κ1) is 14.4. The summed E-state index contributed by atoms with van der Waals surface area (Å²) in [6, 6.07) is 6.48. The molecule has 1 heterocycles. The van der Waals surface area contributed by atoms with E-state index in [0.29, 0.717) is 23.3 Å². The van der Waals surface area contributed by atoms with Gasteiger partial charge in [0, 0.05) is 12.0 Å². The Morgan fingerprint density at radius 2 is 2.25 bits per heavy atom. The Morgan fingerprint density at radius 1 is 1.55 bits per heavy atom. The van der Waals surface area contributed by atoms with Crippen LogP contribution in [-0.4, -0.2) is 22.7 Å². The summed E-state index contributed by atoms with van der Waals surface area (Å²) in [5.41, 5.74) is 0.292. The zero-order valence-corrected chi connectivity index (χ0v) is 11.8. The molecule has 0 spiro atoms. The quantitative estimate of drug-likeness (QED) is 0.859. The molecule has 0 aromatic heterocycles. The van der Waals surface area contributed by atoms with E-state index < -0.39 is 17.7 Å². The smallest absolute Gasteiger partial charge is 0.220 e.